The molecule has 0 aliphatic heterocycles. The molecule has 51 heavy (non-hydrogen) atoms. The molecule has 0 aliphatic carbocycles. The summed E-state index contributed by atoms with van der Waals surface area (Å²) in [5, 5.41) is 11.2. The molecule has 0 unspecified atom stereocenters. The molecule has 0 aliphatic rings. The van der Waals surface area contributed by atoms with Gasteiger partial charge in [-0.15, -0.1) is 0 Å². The van der Waals surface area contributed by atoms with Gasteiger partial charge in [0.15, 0.2) is 23.1 Å². The Morgan fingerprint density at radius 2 is 0.902 bits per heavy atom. The van der Waals surface area contributed by atoms with Gasteiger partial charge in [0.2, 0.25) is 0 Å². The quantitative estimate of drug-likeness (QED) is 0.177. The zero-order valence-electron chi connectivity index (χ0n) is 27.2. The van der Waals surface area contributed by atoms with Crippen LogP contribution in [0.3, 0.4) is 0 Å². The van der Waals surface area contributed by atoms with E-state index in [9.17, 15) is 5.26 Å². The van der Waals surface area contributed by atoms with Gasteiger partial charge < -0.3 is 4.42 Å². The highest BCUT2D eigenvalue weighted by atomic mass is 16.3. The van der Waals surface area contributed by atoms with Crippen LogP contribution >= 0.6 is 0 Å². The standard InChI is InChI=1S/C45H27N5O/c46-26-29-11-13-31(14-12-29)33-17-21-36(22-18-33)44-48-43(35-9-5-2-6-10-35)49-45(50-44)37-23-24-38-40(25-37)51-41-28-47-27-39(42(38)41)34-19-15-32(16-20-34)30-7-3-1-4-8-30/h1-25,27-28H. The first-order valence-electron chi connectivity index (χ1n) is 16.6. The molecule has 3 aromatic heterocycles. The molecule has 9 aromatic rings. The topological polar surface area (TPSA) is 88.5 Å². The first kappa shape index (κ1) is 29.9. The van der Waals surface area contributed by atoms with E-state index in [1.807, 2.05) is 103 Å². The summed E-state index contributed by atoms with van der Waals surface area (Å²) in [6, 6.07) is 52.9. The van der Waals surface area contributed by atoms with Crippen molar-refractivity contribution in [2.45, 2.75) is 0 Å². The zero-order valence-corrected chi connectivity index (χ0v) is 27.2. The van der Waals surface area contributed by atoms with Crippen molar-refractivity contribution < 1.29 is 4.42 Å². The van der Waals surface area contributed by atoms with Crippen LogP contribution < -0.4 is 0 Å². The molecular formula is C45H27N5O. The average Bonchev–Trinajstić information content (AvgIpc) is 3.60. The zero-order chi connectivity index (χ0) is 34.1. The number of hydrogen-bond donors (Lipinski definition) is 0. The molecule has 0 saturated heterocycles. The van der Waals surface area contributed by atoms with Crippen LogP contribution in [0.1, 0.15) is 5.56 Å². The molecule has 0 fully saturated rings. The summed E-state index contributed by atoms with van der Waals surface area (Å²) in [6.45, 7) is 0. The molecule has 0 atom stereocenters. The first-order valence-corrected chi connectivity index (χ1v) is 16.6. The average molecular weight is 654 g/mol. The fourth-order valence-corrected chi connectivity index (χ4v) is 6.46. The lowest BCUT2D eigenvalue weighted by atomic mass is 9.98. The van der Waals surface area contributed by atoms with Crippen LogP contribution in [-0.4, -0.2) is 19.9 Å². The van der Waals surface area contributed by atoms with Crippen molar-refractivity contribution >= 4 is 21.9 Å². The number of nitrogens with zero attached hydrogens (tertiary/aromatic N) is 5. The fraction of sp³-hybridized carbons (Fsp3) is 0. The maximum Gasteiger partial charge on any atom is 0.164 e. The predicted molar refractivity (Wildman–Crippen MR) is 202 cm³/mol. The first-order chi connectivity index (χ1) is 25.2. The third kappa shape index (κ3) is 5.69. The van der Waals surface area contributed by atoms with E-state index < -0.39 is 0 Å². The molecule has 6 aromatic carbocycles. The molecule has 0 N–H and O–H groups in total. The van der Waals surface area contributed by atoms with Gasteiger partial charge in [-0.2, -0.15) is 5.26 Å². The van der Waals surface area contributed by atoms with Crippen LogP contribution in [0, 0.1) is 11.3 Å². The Bertz CT molecular complexity index is 2710. The van der Waals surface area contributed by atoms with Crippen molar-refractivity contribution in [2.75, 3.05) is 0 Å². The summed E-state index contributed by atoms with van der Waals surface area (Å²) in [7, 11) is 0. The van der Waals surface area contributed by atoms with Crippen molar-refractivity contribution in [1.29, 1.82) is 5.26 Å². The maximum absolute atomic E-state index is 9.17. The highest BCUT2D eigenvalue weighted by Crippen LogP contribution is 2.38. The summed E-state index contributed by atoms with van der Waals surface area (Å²) in [4.78, 5) is 19.3. The van der Waals surface area contributed by atoms with E-state index in [1.54, 1.807) is 6.20 Å². The molecule has 0 spiro atoms. The molecule has 9 rings (SSSR count). The van der Waals surface area contributed by atoms with Crippen LogP contribution in [0.15, 0.2) is 168 Å². The van der Waals surface area contributed by atoms with Crippen molar-refractivity contribution in [3.05, 3.63) is 170 Å². The molecule has 0 radical (unpaired) electrons. The number of pyridine rings is 1. The van der Waals surface area contributed by atoms with E-state index in [4.69, 9.17) is 19.4 Å². The number of rotatable bonds is 6. The van der Waals surface area contributed by atoms with Gasteiger partial charge in [-0.1, -0.05) is 127 Å². The Hall–Kier alpha value is -7.23. The Morgan fingerprint density at radius 1 is 0.431 bits per heavy atom. The van der Waals surface area contributed by atoms with E-state index in [0.717, 1.165) is 66.4 Å². The smallest absolute Gasteiger partial charge is 0.164 e. The summed E-state index contributed by atoms with van der Waals surface area (Å²) in [5.74, 6) is 1.70. The second-order valence-corrected chi connectivity index (χ2v) is 12.3. The Morgan fingerprint density at radius 3 is 1.51 bits per heavy atom. The minimum Gasteiger partial charge on any atom is -0.454 e. The van der Waals surface area contributed by atoms with Gasteiger partial charge in [0.25, 0.3) is 0 Å². The number of benzene rings is 6. The van der Waals surface area contributed by atoms with Crippen molar-refractivity contribution in [3.8, 4) is 73.6 Å². The summed E-state index contributed by atoms with van der Waals surface area (Å²) in [6.07, 6.45) is 3.67. The summed E-state index contributed by atoms with van der Waals surface area (Å²) < 4.78 is 6.42. The van der Waals surface area contributed by atoms with E-state index >= 15 is 0 Å². The third-order valence-corrected chi connectivity index (χ3v) is 9.10. The summed E-state index contributed by atoms with van der Waals surface area (Å²) >= 11 is 0. The van der Waals surface area contributed by atoms with E-state index in [-0.39, 0.29) is 0 Å². The van der Waals surface area contributed by atoms with Crippen molar-refractivity contribution in [3.63, 3.8) is 0 Å². The van der Waals surface area contributed by atoms with Crippen molar-refractivity contribution in [2.24, 2.45) is 0 Å². The van der Waals surface area contributed by atoms with Crippen LogP contribution in [0.25, 0.3) is 89.5 Å². The highest BCUT2D eigenvalue weighted by Gasteiger charge is 2.17. The molecule has 3 heterocycles. The largest absolute Gasteiger partial charge is 0.454 e. The normalized spacial score (nSPS) is 11.1. The molecule has 6 heteroatoms. The van der Waals surface area contributed by atoms with E-state index in [2.05, 4.69) is 65.7 Å². The van der Waals surface area contributed by atoms with E-state index in [0.29, 0.717) is 23.0 Å². The number of hydrogen-bond acceptors (Lipinski definition) is 6. The monoisotopic (exact) mass is 653 g/mol. The van der Waals surface area contributed by atoms with Gasteiger partial charge in [0.05, 0.1) is 17.8 Å². The third-order valence-electron chi connectivity index (χ3n) is 9.10. The van der Waals surface area contributed by atoms with Crippen LogP contribution in [0.4, 0.5) is 0 Å². The molecule has 6 nitrogen and oxygen atoms in total. The minimum atomic E-state index is 0.548. The lowest BCUT2D eigenvalue weighted by Gasteiger charge is -2.09. The van der Waals surface area contributed by atoms with Gasteiger partial charge in [-0.05, 0) is 52.1 Å². The second kappa shape index (κ2) is 12.7. The van der Waals surface area contributed by atoms with E-state index in [1.165, 1.54) is 5.56 Å². The summed E-state index contributed by atoms with van der Waals surface area (Å²) in [5.41, 5.74) is 11.2. The van der Waals surface area contributed by atoms with Gasteiger partial charge in [0.1, 0.15) is 5.58 Å². The minimum absolute atomic E-state index is 0.548. The predicted octanol–water partition coefficient (Wildman–Crippen LogP) is 11.0. The number of nitriles is 1. The molecule has 0 bridgehead atoms. The SMILES string of the molecule is N#Cc1ccc(-c2ccc(-c3nc(-c4ccccc4)nc(-c4ccc5c(c4)oc4cncc(-c6ccc(-c7ccccc7)cc6)c45)n3)cc2)cc1. The fourth-order valence-electron chi connectivity index (χ4n) is 6.46. The molecular weight excluding hydrogens is 627 g/mol. The molecule has 0 saturated carbocycles. The van der Waals surface area contributed by atoms with Gasteiger partial charge >= 0.3 is 0 Å². The highest BCUT2D eigenvalue weighted by molar-refractivity contribution is 6.12. The molecule has 0 amide bonds. The van der Waals surface area contributed by atoms with Gasteiger partial charge in [-0.25, -0.2) is 15.0 Å². The Kier molecular flexibility index (Phi) is 7.42. The van der Waals surface area contributed by atoms with Gasteiger partial charge in [-0.3, -0.25) is 4.98 Å². The number of fused-ring (bicyclic) bond motifs is 3. The molecule has 238 valence electrons. The van der Waals surface area contributed by atoms with Crippen LogP contribution in [-0.2, 0) is 0 Å². The van der Waals surface area contributed by atoms with Crippen molar-refractivity contribution in [1.82, 2.24) is 19.9 Å². The maximum atomic E-state index is 9.17. The lowest BCUT2D eigenvalue weighted by Crippen LogP contribution is -2.00. The van der Waals surface area contributed by atoms with Gasteiger partial charge in [0, 0.05) is 39.2 Å². The number of furan rings is 1. The number of aromatic nitrogens is 4. The second-order valence-electron chi connectivity index (χ2n) is 12.3. The Balaban J connectivity index is 1.11. The Labute approximate surface area is 294 Å². The van der Waals surface area contributed by atoms with Crippen LogP contribution in [0.5, 0.6) is 0 Å². The lowest BCUT2D eigenvalue weighted by molar-refractivity contribution is 0.667. The van der Waals surface area contributed by atoms with Crippen LogP contribution in [0.2, 0.25) is 0 Å².